The van der Waals surface area contributed by atoms with Crippen molar-refractivity contribution in [3.05, 3.63) is 39.1 Å². The molecule has 0 spiro atoms. The molecule has 3 aromatic rings. The van der Waals surface area contributed by atoms with Crippen molar-refractivity contribution >= 4 is 17.5 Å². The summed E-state index contributed by atoms with van der Waals surface area (Å²) in [6, 6.07) is 2.67. The van der Waals surface area contributed by atoms with Crippen LogP contribution in [0.2, 0.25) is 0 Å². The first-order chi connectivity index (χ1) is 14.0. The number of imidazole rings is 1. The molecule has 1 aliphatic heterocycles. The van der Waals surface area contributed by atoms with Crippen molar-refractivity contribution in [1.29, 1.82) is 0 Å². The van der Waals surface area contributed by atoms with Gasteiger partial charge in [0, 0.05) is 17.3 Å². The topological polar surface area (TPSA) is 127 Å². The highest BCUT2D eigenvalue weighted by molar-refractivity contribution is 5.58. The molecule has 0 aromatic carbocycles. The van der Waals surface area contributed by atoms with E-state index in [4.69, 9.17) is 9.98 Å². The monoisotopic (exact) mass is 396 g/mol. The van der Waals surface area contributed by atoms with E-state index in [1.165, 1.54) is 0 Å². The fourth-order valence-electron chi connectivity index (χ4n) is 3.63. The molecular weight excluding hydrogens is 372 g/mol. The van der Waals surface area contributed by atoms with Crippen LogP contribution in [0.5, 0.6) is 5.88 Å². The van der Waals surface area contributed by atoms with E-state index < -0.39 is 5.69 Å². The minimum absolute atomic E-state index is 0.210. The Morgan fingerprint density at radius 2 is 2.07 bits per heavy atom. The van der Waals surface area contributed by atoms with Gasteiger partial charge in [0.2, 0.25) is 5.88 Å². The highest BCUT2D eigenvalue weighted by Crippen LogP contribution is 2.22. The van der Waals surface area contributed by atoms with Crippen LogP contribution in [0.25, 0.3) is 11.7 Å². The first-order valence-electron chi connectivity index (χ1n) is 9.96. The standard InChI is InChI=1S/C19H24N8O2/c1-26-6-4-13(5-7-26)21-15-9-16(22-12-2-3-12)27-17(24-15)11(10-20-27)8-14-18(28)25-19(29)23-14/h8-10,12-13,21,28H,2-7H2,1H3,(H2,23,25,29)/b11-8-,22-16?. The number of aromatic hydroxyl groups is 1. The third-order valence-corrected chi connectivity index (χ3v) is 5.45. The molecule has 0 amide bonds. The molecule has 4 heterocycles. The molecule has 0 bridgehead atoms. The van der Waals surface area contributed by atoms with Crippen molar-refractivity contribution in [2.24, 2.45) is 4.99 Å². The molecule has 10 nitrogen and oxygen atoms in total. The zero-order valence-corrected chi connectivity index (χ0v) is 16.2. The van der Waals surface area contributed by atoms with Gasteiger partial charge in [0.1, 0.15) is 11.5 Å². The van der Waals surface area contributed by atoms with Crippen molar-refractivity contribution in [2.45, 2.75) is 37.8 Å². The van der Waals surface area contributed by atoms with E-state index in [0.29, 0.717) is 28.6 Å². The second-order valence-electron chi connectivity index (χ2n) is 7.90. The molecule has 1 saturated carbocycles. The van der Waals surface area contributed by atoms with Gasteiger partial charge in [-0.15, -0.1) is 0 Å². The van der Waals surface area contributed by atoms with Crippen LogP contribution in [0.4, 0.5) is 5.82 Å². The molecule has 0 radical (unpaired) electrons. The number of piperidine rings is 1. The first kappa shape index (κ1) is 17.9. The molecule has 1 aliphatic carbocycles. The lowest BCUT2D eigenvalue weighted by molar-refractivity contribution is 0.263. The number of hydrogen-bond acceptors (Lipinski definition) is 7. The lowest BCUT2D eigenvalue weighted by atomic mass is 10.1. The van der Waals surface area contributed by atoms with Crippen molar-refractivity contribution in [1.82, 2.24) is 29.5 Å². The van der Waals surface area contributed by atoms with Crippen LogP contribution in [0.3, 0.4) is 0 Å². The van der Waals surface area contributed by atoms with Crippen molar-refractivity contribution < 1.29 is 5.11 Å². The number of anilines is 1. The normalized spacial score (nSPS) is 20.0. The van der Waals surface area contributed by atoms with Gasteiger partial charge in [-0.2, -0.15) is 9.61 Å². The van der Waals surface area contributed by atoms with Gasteiger partial charge in [0.15, 0.2) is 11.1 Å². The summed E-state index contributed by atoms with van der Waals surface area (Å²) in [6.07, 6.45) is 7.64. The summed E-state index contributed by atoms with van der Waals surface area (Å²) in [5.74, 6) is 0.561. The van der Waals surface area contributed by atoms with Gasteiger partial charge in [-0.25, -0.2) is 9.78 Å². The quantitative estimate of drug-likeness (QED) is 0.474. The van der Waals surface area contributed by atoms with Gasteiger partial charge < -0.3 is 20.3 Å². The van der Waals surface area contributed by atoms with Gasteiger partial charge in [-0.05, 0) is 51.9 Å². The van der Waals surface area contributed by atoms with Gasteiger partial charge in [-0.3, -0.25) is 9.98 Å². The first-order valence-corrected chi connectivity index (χ1v) is 9.96. The number of aromatic nitrogens is 5. The Labute approximate surface area is 166 Å². The highest BCUT2D eigenvalue weighted by Gasteiger charge is 2.21. The minimum Gasteiger partial charge on any atom is -0.493 e. The molecule has 3 aromatic heterocycles. The maximum atomic E-state index is 11.4. The molecule has 2 aliphatic rings. The summed E-state index contributed by atoms with van der Waals surface area (Å²) < 4.78 is 1.71. The van der Waals surface area contributed by atoms with E-state index in [9.17, 15) is 9.90 Å². The second-order valence-corrected chi connectivity index (χ2v) is 7.90. The zero-order valence-electron chi connectivity index (χ0n) is 16.2. The summed E-state index contributed by atoms with van der Waals surface area (Å²) in [5, 5.41) is 18.6. The number of rotatable bonds is 4. The molecule has 2 fully saturated rings. The van der Waals surface area contributed by atoms with Crippen LogP contribution in [0, 0.1) is 0 Å². The number of H-pyrrole nitrogens is 2. The van der Waals surface area contributed by atoms with Gasteiger partial charge in [0.25, 0.3) is 0 Å². The summed E-state index contributed by atoms with van der Waals surface area (Å²) in [5.41, 5.74) is 1.22. The van der Waals surface area contributed by atoms with Gasteiger partial charge in [-0.1, -0.05) is 0 Å². The highest BCUT2D eigenvalue weighted by atomic mass is 16.3. The SMILES string of the molecule is CN1CCC(Nc2cc(=NC3CC3)n3nc/c(=C/c4[nH]c(=O)[nH]c4O)c3n2)CC1. The maximum absolute atomic E-state index is 11.4. The fraction of sp³-hybridized carbons (Fsp3) is 0.474. The molecule has 29 heavy (non-hydrogen) atoms. The summed E-state index contributed by atoms with van der Waals surface area (Å²) in [4.78, 5) is 28.2. The van der Waals surface area contributed by atoms with Crippen LogP contribution in [-0.2, 0) is 0 Å². The molecule has 152 valence electrons. The Hall–Kier alpha value is -3.14. The molecule has 4 N–H and O–H groups in total. The summed E-state index contributed by atoms with van der Waals surface area (Å²) >= 11 is 0. The average Bonchev–Trinajstić information content (AvgIpc) is 3.33. The molecule has 10 heteroatoms. The minimum atomic E-state index is -0.466. The third-order valence-electron chi connectivity index (χ3n) is 5.45. The van der Waals surface area contributed by atoms with Crippen LogP contribution in [0.1, 0.15) is 31.4 Å². The van der Waals surface area contributed by atoms with Crippen molar-refractivity contribution in [3.8, 4) is 5.88 Å². The van der Waals surface area contributed by atoms with Crippen LogP contribution in [-0.4, -0.2) is 66.8 Å². The Bertz CT molecular complexity index is 1210. The molecule has 0 unspecified atom stereocenters. The van der Waals surface area contributed by atoms with E-state index in [2.05, 4.69) is 32.3 Å². The Morgan fingerprint density at radius 1 is 1.28 bits per heavy atom. The van der Waals surface area contributed by atoms with Gasteiger partial charge >= 0.3 is 5.69 Å². The van der Waals surface area contributed by atoms with Crippen LogP contribution < -0.4 is 21.7 Å². The second kappa shape index (κ2) is 7.03. The number of fused-ring (bicyclic) bond motifs is 1. The number of nitrogens with zero attached hydrogens (tertiary/aromatic N) is 5. The lowest BCUT2D eigenvalue weighted by Crippen LogP contribution is -2.37. The van der Waals surface area contributed by atoms with E-state index in [-0.39, 0.29) is 5.88 Å². The van der Waals surface area contributed by atoms with Crippen LogP contribution >= 0.6 is 0 Å². The number of aromatic amines is 2. The average molecular weight is 396 g/mol. The van der Waals surface area contributed by atoms with Crippen molar-refractivity contribution in [2.75, 3.05) is 25.5 Å². The van der Waals surface area contributed by atoms with E-state index >= 15 is 0 Å². The molecule has 0 atom stereocenters. The lowest BCUT2D eigenvalue weighted by Gasteiger charge is -2.29. The predicted octanol–water partition coefficient (Wildman–Crippen LogP) is -0.432. The van der Waals surface area contributed by atoms with Crippen molar-refractivity contribution in [3.63, 3.8) is 0 Å². The van der Waals surface area contributed by atoms with Gasteiger partial charge in [0.05, 0.1) is 12.2 Å². The fourth-order valence-corrected chi connectivity index (χ4v) is 3.63. The number of likely N-dealkylation sites (tertiary alicyclic amines) is 1. The number of nitrogens with one attached hydrogen (secondary N) is 3. The third kappa shape index (κ3) is 3.75. The van der Waals surface area contributed by atoms with E-state index in [1.54, 1.807) is 16.8 Å². The molecule has 1 saturated heterocycles. The molecule has 5 rings (SSSR count). The molecular formula is C19H24N8O2. The van der Waals surface area contributed by atoms with E-state index in [1.807, 2.05) is 6.07 Å². The Morgan fingerprint density at radius 3 is 2.76 bits per heavy atom. The van der Waals surface area contributed by atoms with Crippen LogP contribution in [0.15, 0.2) is 22.1 Å². The summed E-state index contributed by atoms with van der Waals surface area (Å²) in [6.45, 7) is 2.12. The predicted molar refractivity (Wildman–Crippen MR) is 108 cm³/mol. The largest absolute Gasteiger partial charge is 0.493 e. The maximum Gasteiger partial charge on any atom is 0.326 e. The van der Waals surface area contributed by atoms with E-state index in [0.717, 1.165) is 50.1 Å². The Balaban J connectivity index is 1.59. The Kier molecular flexibility index (Phi) is 4.35. The number of hydrogen-bond donors (Lipinski definition) is 4. The zero-order chi connectivity index (χ0) is 20.0. The smallest absolute Gasteiger partial charge is 0.326 e. The summed E-state index contributed by atoms with van der Waals surface area (Å²) in [7, 11) is 2.14.